The molecule has 1 fully saturated rings. The number of rotatable bonds is 8. The lowest BCUT2D eigenvalue weighted by Gasteiger charge is -2.34. The average molecular weight is 334 g/mol. The van der Waals surface area contributed by atoms with Crippen molar-refractivity contribution in [3.63, 3.8) is 0 Å². The number of carbonyl (C=O) groups excluding carboxylic acids is 1. The number of hydrogen-bond acceptors (Lipinski definition) is 3. The molecule has 1 aliphatic rings. The molecule has 1 saturated heterocycles. The molecule has 0 bridgehead atoms. The van der Waals surface area contributed by atoms with Gasteiger partial charge in [0.2, 0.25) is 5.91 Å². The summed E-state index contributed by atoms with van der Waals surface area (Å²) >= 11 is 0. The van der Waals surface area contributed by atoms with Crippen LogP contribution in [0.3, 0.4) is 0 Å². The molecule has 0 spiro atoms. The lowest BCUT2D eigenvalue weighted by atomic mass is 9.95. The molecular formula is C17H36ClN3O. The third kappa shape index (κ3) is 8.35. The van der Waals surface area contributed by atoms with Crippen LogP contribution < -0.4 is 5.73 Å². The number of likely N-dealkylation sites (tertiary alicyclic amines) is 1. The third-order valence-electron chi connectivity index (χ3n) is 4.06. The van der Waals surface area contributed by atoms with Gasteiger partial charge in [0.25, 0.3) is 0 Å². The lowest BCUT2D eigenvalue weighted by molar-refractivity contribution is -0.134. The molecule has 0 aromatic heterocycles. The van der Waals surface area contributed by atoms with Crippen LogP contribution in [0.15, 0.2) is 0 Å². The third-order valence-corrected chi connectivity index (χ3v) is 4.06. The fraction of sp³-hybridized carbons (Fsp3) is 0.941. The van der Waals surface area contributed by atoms with Crippen LogP contribution in [0.1, 0.15) is 47.0 Å². The maximum Gasteiger partial charge on any atom is 0.236 e. The number of piperidine rings is 1. The van der Waals surface area contributed by atoms with E-state index in [4.69, 9.17) is 5.73 Å². The molecule has 1 heterocycles. The van der Waals surface area contributed by atoms with Gasteiger partial charge in [0.05, 0.1) is 6.54 Å². The molecule has 4 nitrogen and oxygen atoms in total. The Labute approximate surface area is 143 Å². The first-order chi connectivity index (χ1) is 9.92. The van der Waals surface area contributed by atoms with E-state index in [1.807, 2.05) is 0 Å². The second-order valence-corrected chi connectivity index (χ2v) is 7.41. The predicted octanol–water partition coefficient (Wildman–Crippen LogP) is 2.61. The molecule has 0 aliphatic carbocycles. The fourth-order valence-corrected chi connectivity index (χ4v) is 3.22. The SMILES string of the molecule is CC(C)CN(CC(C)C)C(=O)CN1CCCC(CCN)C1.Cl. The molecule has 0 aromatic rings. The van der Waals surface area contributed by atoms with Crippen LogP contribution in [0.5, 0.6) is 0 Å². The molecule has 0 saturated carbocycles. The first-order valence-electron chi connectivity index (χ1n) is 8.62. The first kappa shape index (κ1) is 21.7. The van der Waals surface area contributed by atoms with Gasteiger partial charge >= 0.3 is 0 Å². The van der Waals surface area contributed by atoms with Crippen LogP contribution in [-0.4, -0.2) is 55.0 Å². The Morgan fingerprint density at radius 1 is 1.23 bits per heavy atom. The van der Waals surface area contributed by atoms with E-state index < -0.39 is 0 Å². The Morgan fingerprint density at radius 2 is 1.82 bits per heavy atom. The van der Waals surface area contributed by atoms with Crippen LogP contribution in [0, 0.1) is 17.8 Å². The number of nitrogens with zero attached hydrogens (tertiary/aromatic N) is 2. The van der Waals surface area contributed by atoms with Gasteiger partial charge in [0, 0.05) is 19.6 Å². The molecule has 132 valence electrons. The summed E-state index contributed by atoms with van der Waals surface area (Å²) in [4.78, 5) is 17.0. The Morgan fingerprint density at radius 3 is 2.32 bits per heavy atom. The van der Waals surface area contributed by atoms with Crippen molar-refractivity contribution in [1.29, 1.82) is 0 Å². The van der Waals surface area contributed by atoms with Gasteiger partial charge in [-0.25, -0.2) is 0 Å². The summed E-state index contributed by atoms with van der Waals surface area (Å²) in [6.45, 7) is 13.9. The van der Waals surface area contributed by atoms with E-state index >= 15 is 0 Å². The Hall–Kier alpha value is -0.320. The highest BCUT2D eigenvalue weighted by Crippen LogP contribution is 2.19. The molecule has 5 heteroatoms. The minimum atomic E-state index is 0. The van der Waals surface area contributed by atoms with Crippen molar-refractivity contribution >= 4 is 18.3 Å². The standard InChI is InChI=1S/C17H35N3O.ClH/c1-14(2)10-20(11-15(3)4)17(21)13-19-9-5-6-16(12-19)7-8-18;/h14-16H,5-13,18H2,1-4H3;1H. The minimum absolute atomic E-state index is 0. The summed E-state index contributed by atoms with van der Waals surface area (Å²) in [5.41, 5.74) is 5.67. The van der Waals surface area contributed by atoms with Gasteiger partial charge < -0.3 is 10.6 Å². The molecule has 0 aromatic carbocycles. The Bertz CT molecular complexity index is 298. The highest BCUT2D eigenvalue weighted by Gasteiger charge is 2.24. The lowest BCUT2D eigenvalue weighted by Crippen LogP contribution is -2.46. The van der Waals surface area contributed by atoms with Crippen molar-refractivity contribution < 1.29 is 4.79 Å². The average Bonchev–Trinajstić information content (AvgIpc) is 2.37. The largest absolute Gasteiger partial charge is 0.341 e. The van der Waals surface area contributed by atoms with Crippen molar-refractivity contribution in [3.05, 3.63) is 0 Å². The number of halogens is 1. The van der Waals surface area contributed by atoms with Crippen LogP contribution in [0.25, 0.3) is 0 Å². The number of nitrogens with two attached hydrogens (primary N) is 1. The molecule has 1 atom stereocenters. The van der Waals surface area contributed by atoms with Crippen LogP contribution >= 0.6 is 12.4 Å². The maximum absolute atomic E-state index is 12.6. The summed E-state index contributed by atoms with van der Waals surface area (Å²) in [7, 11) is 0. The zero-order valence-electron chi connectivity index (χ0n) is 14.9. The molecule has 0 radical (unpaired) electrons. The van der Waals surface area contributed by atoms with E-state index in [9.17, 15) is 4.79 Å². The highest BCUT2D eigenvalue weighted by atomic mass is 35.5. The summed E-state index contributed by atoms with van der Waals surface area (Å²) in [5, 5.41) is 0. The summed E-state index contributed by atoms with van der Waals surface area (Å²) in [6, 6.07) is 0. The first-order valence-corrected chi connectivity index (χ1v) is 8.62. The van der Waals surface area contributed by atoms with Crippen molar-refractivity contribution in [1.82, 2.24) is 9.80 Å². The predicted molar refractivity (Wildman–Crippen MR) is 96.3 cm³/mol. The van der Waals surface area contributed by atoms with E-state index in [1.54, 1.807) is 0 Å². The molecule has 1 aliphatic heterocycles. The van der Waals surface area contributed by atoms with E-state index in [0.29, 0.717) is 30.2 Å². The van der Waals surface area contributed by atoms with Gasteiger partial charge in [-0.15, -0.1) is 12.4 Å². The van der Waals surface area contributed by atoms with Crippen LogP contribution in [0.4, 0.5) is 0 Å². The summed E-state index contributed by atoms with van der Waals surface area (Å²) in [5.74, 6) is 2.03. The molecule has 1 amide bonds. The minimum Gasteiger partial charge on any atom is -0.341 e. The maximum atomic E-state index is 12.6. The Balaban J connectivity index is 0.00000441. The van der Waals surface area contributed by atoms with E-state index in [0.717, 1.165) is 39.1 Å². The summed E-state index contributed by atoms with van der Waals surface area (Å²) < 4.78 is 0. The second kappa shape index (κ2) is 11.3. The van der Waals surface area contributed by atoms with E-state index in [1.165, 1.54) is 12.8 Å². The zero-order chi connectivity index (χ0) is 15.8. The topological polar surface area (TPSA) is 49.6 Å². The summed E-state index contributed by atoms with van der Waals surface area (Å²) in [6.07, 6.45) is 3.56. The second-order valence-electron chi connectivity index (χ2n) is 7.41. The van der Waals surface area contributed by atoms with Crippen molar-refractivity contribution in [2.45, 2.75) is 47.0 Å². The van der Waals surface area contributed by atoms with Gasteiger partial charge in [0.1, 0.15) is 0 Å². The molecular weight excluding hydrogens is 298 g/mol. The van der Waals surface area contributed by atoms with Gasteiger partial charge in [-0.3, -0.25) is 9.69 Å². The van der Waals surface area contributed by atoms with Crippen LogP contribution in [0.2, 0.25) is 0 Å². The van der Waals surface area contributed by atoms with Crippen molar-refractivity contribution in [2.24, 2.45) is 23.5 Å². The van der Waals surface area contributed by atoms with Gasteiger partial charge in [-0.05, 0) is 50.1 Å². The van der Waals surface area contributed by atoms with E-state index in [-0.39, 0.29) is 12.4 Å². The van der Waals surface area contributed by atoms with Gasteiger partial charge in [-0.2, -0.15) is 0 Å². The van der Waals surface area contributed by atoms with Crippen molar-refractivity contribution in [2.75, 3.05) is 39.3 Å². The van der Waals surface area contributed by atoms with Gasteiger partial charge in [0.15, 0.2) is 0 Å². The number of hydrogen-bond donors (Lipinski definition) is 1. The van der Waals surface area contributed by atoms with Gasteiger partial charge in [-0.1, -0.05) is 27.7 Å². The highest BCUT2D eigenvalue weighted by molar-refractivity contribution is 5.85. The van der Waals surface area contributed by atoms with E-state index in [2.05, 4.69) is 37.5 Å². The quantitative estimate of drug-likeness (QED) is 0.742. The molecule has 1 rings (SSSR count). The Kier molecular flexibility index (Phi) is 11.1. The van der Waals surface area contributed by atoms with Crippen molar-refractivity contribution in [3.8, 4) is 0 Å². The fourth-order valence-electron chi connectivity index (χ4n) is 3.22. The molecule has 22 heavy (non-hydrogen) atoms. The molecule has 2 N–H and O–H groups in total. The normalized spacial score (nSPS) is 19.3. The smallest absolute Gasteiger partial charge is 0.236 e. The monoisotopic (exact) mass is 333 g/mol. The number of carbonyl (C=O) groups is 1. The van der Waals surface area contributed by atoms with Crippen LogP contribution in [-0.2, 0) is 4.79 Å². The molecule has 1 unspecified atom stereocenters. The number of amides is 1. The zero-order valence-corrected chi connectivity index (χ0v) is 15.7.